The molecule has 0 aromatic carbocycles. The number of carbonyl (C=O) groups excluding carboxylic acids is 1. The van der Waals surface area contributed by atoms with E-state index in [1.54, 1.807) is 0 Å². The van der Waals surface area contributed by atoms with Crippen LogP contribution in [0, 0.1) is 5.41 Å². The molecule has 1 aliphatic rings. The van der Waals surface area contributed by atoms with Gasteiger partial charge in [0.2, 0.25) is 5.91 Å². The number of rotatable bonds is 4. The highest BCUT2D eigenvalue weighted by Crippen LogP contribution is 2.16. The van der Waals surface area contributed by atoms with Gasteiger partial charge in [-0.3, -0.25) is 9.79 Å². The van der Waals surface area contributed by atoms with Crippen LogP contribution in [0.25, 0.3) is 0 Å². The summed E-state index contributed by atoms with van der Waals surface area (Å²) in [6.07, 6.45) is 3.63. The Hall–Kier alpha value is -0.530. The number of aliphatic imine (C=N–C) groups is 1. The van der Waals surface area contributed by atoms with E-state index in [1.807, 2.05) is 20.8 Å². The van der Waals surface area contributed by atoms with Crippen molar-refractivity contribution in [3.8, 4) is 0 Å². The maximum atomic E-state index is 11.8. The zero-order chi connectivity index (χ0) is 13.6. The second-order valence-corrected chi connectivity index (χ2v) is 5.47. The van der Waals surface area contributed by atoms with Crippen molar-refractivity contribution in [2.75, 3.05) is 26.2 Å². The Morgan fingerprint density at radius 2 is 1.89 bits per heavy atom. The third kappa shape index (κ3) is 5.97. The molecular formula is C13H27IN4O. The van der Waals surface area contributed by atoms with Gasteiger partial charge in [-0.2, -0.15) is 0 Å². The van der Waals surface area contributed by atoms with Crippen LogP contribution in [0.1, 0.15) is 40.0 Å². The monoisotopic (exact) mass is 382 g/mol. The van der Waals surface area contributed by atoms with Crippen molar-refractivity contribution < 1.29 is 4.79 Å². The van der Waals surface area contributed by atoms with Gasteiger partial charge in [-0.15, -0.1) is 24.0 Å². The highest BCUT2D eigenvalue weighted by Gasteiger charge is 2.27. The number of carbonyl (C=O) groups is 1. The van der Waals surface area contributed by atoms with Crippen LogP contribution >= 0.6 is 24.0 Å². The predicted octanol–water partition coefficient (Wildman–Crippen LogP) is 1.57. The summed E-state index contributed by atoms with van der Waals surface area (Å²) in [6.45, 7) is 8.75. The molecule has 112 valence electrons. The molecule has 3 N–H and O–H groups in total. The molecule has 1 saturated heterocycles. The Bertz CT molecular complexity index is 312. The Kier molecular flexibility index (Phi) is 8.36. The number of amides is 1. The molecule has 0 unspecified atom stereocenters. The molecule has 0 aromatic heterocycles. The average Bonchev–Trinajstić information content (AvgIpc) is 2.37. The smallest absolute Gasteiger partial charge is 0.227 e. The molecule has 0 radical (unpaired) electrons. The van der Waals surface area contributed by atoms with E-state index >= 15 is 0 Å². The van der Waals surface area contributed by atoms with Crippen LogP contribution in [0.2, 0.25) is 0 Å². The van der Waals surface area contributed by atoms with Crippen molar-refractivity contribution in [3.63, 3.8) is 0 Å². The van der Waals surface area contributed by atoms with Crippen LogP contribution in [0.3, 0.4) is 0 Å². The van der Waals surface area contributed by atoms with Crippen molar-refractivity contribution in [2.45, 2.75) is 40.0 Å². The van der Waals surface area contributed by atoms with E-state index in [0.29, 0.717) is 19.0 Å². The molecule has 0 spiro atoms. The molecule has 1 amide bonds. The normalized spacial score (nSPS) is 16.8. The van der Waals surface area contributed by atoms with Crippen LogP contribution in [0.15, 0.2) is 4.99 Å². The molecule has 0 saturated carbocycles. The maximum Gasteiger partial charge on any atom is 0.227 e. The Morgan fingerprint density at radius 3 is 2.42 bits per heavy atom. The lowest BCUT2D eigenvalue weighted by molar-refractivity contribution is -0.128. The van der Waals surface area contributed by atoms with Crippen molar-refractivity contribution >= 4 is 35.8 Å². The maximum absolute atomic E-state index is 11.8. The first-order valence-electron chi connectivity index (χ1n) is 6.80. The van der Waals surface area contributed by atoms with Crippen LogP contribution < -0.4 is 11.1 Å². The molecule has 0 aliphatic carbocycles. The summed E-state index contributed by atoms with van der Waals surface area (Å²) >= 11 is 0. The fraction of sp³-hybridized carbons (Fsp3) is 0.846. The summed E-state index contributed by atoms with van der Waals surface area (Å²) in [5, 5.41) is 2.83. The van der Waals surface area contributed by atoms with Gasteiger partial charge in [-0.1, -0.05) is 0 Å². The minimum atomic E-state index is -0.504. The van der Waals surface area contributed by atoms with Crippen molar-refractivity contribution in [1.82, 2.24) is 10.2 Å². The molecule has 0 aromatic rings. The summed E-state index contributed by atoms with van der Waals surface area (Å²) < 4.78 is 0. The molecule has 19 heavy (non-hydrogen) atoms. The molecule has 1 aliphatic heterocycles. The number of hydrogen-bond acceptors (Lipinski definition) is 2. The van der Waals surface area contributed by atoms with Gasteiger partial charge in [-0.05, 0) is 40.0 Å². The van der Waals surface area contributed by atoms with Crippen LogP contribution in [-0.2, 0) is 4.79 Å². The van der Waals surface area contributed by atoms with Crippen LogP contribution in [0.4, 0.5) is 0 Å². The number of guanidine groups is 1. The molecule has 1 heterocycles. The summed E-state index contributed by atoms with van der Waals surface area (Å²) in [5.74, 6) is 0.604. The number of likely N-dealkylation sites (tertiary alicyclic amines) is 1. The highest BCUT2D eigenvalue weighted by atomic mass is 127. The van der Waals surface area contributed by atoms with E-state index in [9.17, 15) is 4.79 Å². The van der Waals surface area contributed by atoms with Crippen LogP contribution in [-0.4, -0.2) is 42.9 Å². The van der Waals surface area contributed by atoms with Gasteiger partial charge >= 0.3 is 0 Å². The van der Waals surface area contributed by atoms with Gasteiger partial charge in [-0.25, -0.2) is 0 Å². The lowest BCUT2D eigenvalue weighted by Gasteiger charge is -2.28. The van der Waals surface area contributed by atoms with E-state index in [4.69, 9.17) is 5.73 Å². The minimum absolute atomic E-state index is 0. The van der Waals surface area contributed by atoms with E-state index in [0.717, 1.165) is 13.1 Å². The van der Waals surface area contributed by atoms with Gasteiger partial charge in [0.05, 0.1) is 12.0 Å². The van der Waals surface area contributed by atoms with Gasteiger partial charge < -0.3 is 16.0 Å². The Morgan fingerprint density at radius 1 is 1.32 bits per heavy atom. The van der Waals surface area contributed by atoms with Crippen molar-refractivity contribution in [1.29, 1.82) is 0 Å². The van der Waals surface area contributed by atoms with E-state index in [-0.39, 0.29) is 29.9 Å². The fourth-order valence-electron chi connectivity index (χ4n) is 1.97. The number of hydrogen-bond donors (Lipinski definition) is 2. The molecule has 0 atom stereocenters. The number of halogens is 1. The molecule has 1 rings (SSSR count). The summed E-state index contributed by atoms with van der Waals surface area (Å²) in [5.41, 5.74) is 5.47. The first-order chi connectivity index (χ1) is 8.47. The van der Waals surface area contributed by atoms with E-state index in [2.05, 4.69) is 15.2 Å². The quantitative estimate of drug-likeness (QED) is 0.441. The molecular weight excluding hydrogens is 355 g/mol. The lowest BCUT2D eigenvalue weighted by Crippen LogP contribution is -2.43. The number of nitrogens with one attached hydrogen (secondary N) is 1. The average molecular weight is 382 g/mol. The number of nitrogens with two attached hydrogens (primary N) is 1. The first-order valence-corrected chi connectivity index (χ1v) is 6.80. The largest absolute Gasteiger partial charge is 0.370 e. The van der Waals surface area contributed by atoms with E-state index < -0.39 is 5.41 Å². The second-order valence-electron chi connectivity index (χ2n) is 5.47. The summed E-state index contributed by atoms with van der Waals surface area (Å²) in [4.78, 5) is 18.3. The van der Waals surface area contributed by atoms with Gasteiger partial charge in [0, 0.05) is 19.6 Å². The number of piperidine rings is 1. The second kappa shape index (κ2) is 8.60. The highest BCUT2D eigenvalue weighted by molar-refractivity contribution is 14.0. The van der Waals surface area contributed by atoms with Crippen molar-refractivity contribution in [3.05, 3.63) is 0 Å². The Labute approximate surface area is 133 Å². The summed E-state index contributed by atoms with van der Waals surface area (Å²) in [7, 11) is 0. The van der Waals surface area contributed by atoms with Gasteiger partial charge in [0.15, 0.2) is 5.96 Å². The zero-order valence-electron chi connectivity index (χ0n) is 12.2. The SMILES string of the molecule is CCNC(=O)C(C)(C)CN=C(N)N1CCCCC1.I. The molecule has 0 bridgehead atoms. The van der Waals surface area contributed by atoms with Crippen LogP contribution in [0.5, 0.6) is 0 Å². The lowest BCUT2D eigenvalue weighted by atomic mass is 9.92. The zero-order valence-corrected chi connectivity index (χ0v) is 14.6. The number of nitrogens with zero attached hydrogens (tertiary/aromatic N) is 2. The van der Waals surface area contributed by atoms with Gasteiger partial charge in [0.1, 0.15) is 0 Å². The predicted molar refractivity (Wildman–Crippen MR) is 89.8 cm³/mol. The third-order valence-corrected chi connectivity index (χ3v) is 3.27. The third-order valence-electron chi connectivity index (χ3n) is 3.27. The molecule has 1 fully saturated rings. The van der Waals surface area contributed by atoms with E-state index in [1.165, 1.54) is 19.3 Å². The summed E-state index contributed by atoms with van der Waals surface area (Å²) in [6, 6.07) is 0. The molecule has 6 heteroatoms. The standard InChI is InChI=1S/C13H26N4O.HI/c1-4-15-11(18)13(2,3)10-16-12(14)17-8-6-5-7-9-17;/h4-10H2,1-3H3,(H2,14,16)(H,15,18);1H. The topological polar surface area (TPSA) is 70.7 Å². The van der Waals surface area contributed by atoms with Gasteiger partial charge in [0.25, 0.3) is 0 Å². The minimum Gasteiger partial charge on any atom is -0.370 e. The Balaban J connectivity index is 0.00000324. The fourth-order valence-corrected chi connectivity index (χ4v) is 1.97. The molecule has 5 nitrogen and oxygen atoms in total. The van der Waals surface area contributed by atoms with Crippen molar-refractivity contribution in [2.24, 2.45) is 16.1 Å². The first kappa shape index (κ1) is 18.5.